The number of carbonyl (C=O) groups is 1. The summed E-state index contributed by atoms with van der Waals surface area (Å²) in [4.78, 5) is 16.8. The molecular formula is C16H25N3O. The van der Waals surface area contributed by atoms with Crippen molar-refractivity contribution in [3.05, 3.63) is 23.4 Å². The molecule has 1 aromatic heterocycles. The number of aryl methyl sites for hydroxylation is 1. The predicted molar refractivity (Wildman–Crippen MR) is 82.0 cm³/mol. The molecule has 1 unspecified atom stereocenters. The van der Waals surface area contributed by atoms with Crippen LogP contribution in [0, 0.1) is 12.3 Å². The second kappa shape index (κ2) is 5.81. The number of nitrogens with zero attached hydrogens (tertiary/aromatic N) is 1. The maximum Gasteiger partial charge on any atom is 0.251 e. The van der Waals surface area contributed by atoms with Crippen LogP contribution in [0.5, 0.6) is 0 Å². The number of nitrogens with one attached hydrogen (secondary N) is 2. The highest BCUT2D eigenvalue weighted by atomic mass is 16.1. The molecule has 2 rings (SSSR count). The van der Waals surface area contributed by atoms with E-state index in [4.69, 9.17) is 0 Å². The monoisotopic (exact) mass is 275 g/mol. The smallest absolute Gasteiger partial charge is 0.251 e. The molecule has 20 heavy (non-hydrogen) atoms. The van der Waals surface area contributed by atoms with Gasteiger partial charge in [0, 0.05) is 24.3 Å². The van der Waals surface area contributed by atoms with Crippen LogP contribution in [0.25, 0.3) is 0 Å². The normalized spacial score (nSPS) is 21.3. The van der Waals surface area contributed by atoms with E-state index in [0.717, 1.165) is 17.9 Å². The van der Waals surface area contributed by atoms with Gasteiger partial charge in [0.1, 0.15) is 5.82 Å². The number of hydrogen-bond donors (Lipinski definition) is 2. The molecule has 0 aromatic carbocycles. The summed E-state index contributed by atoms with van der Waals surface area (Å²) >= 11 is 0. The van der Waals surface area contributed by atoms with Gasteiger partial charge in [-0.1, -0.05) is 26.7 Å². The largest absolute Gasteiger partial charge is 0.373 e. The summed E-state index contributed by atoms with van der Waals surface area (Å²) in [6, 6.07) is 3.90. The summed E-state index contributed by atoms with van der Waals surface area (Å²) in [5.74, 6) is 0.741. The highest BCUT2D eigenvalue weighted by Gasteiger charge is 2.33. The van der Waals surface area contributed by atoms with Gasteiger partial charge in [0.15, 0.2) is 0 Å². The lowest BCUT2D eigenvalue weighted by Crippen LogP contribution is -2.46. The van der Waals surface area contributed by atoms with Gasteiger partial charge in [0.05, 0.1) is 0 Å². The molecule has 0 saturated heterocycles. The van der Waals surface area contributed by atoms with Crippen molar-refractivity contribution in [2.24, 2.45) is 5.41 Å². The number of aromatic nitrogens is 1. The first-order valence-electron chi connectivity index (χ1n) is 7.40. The zero-order valence-corrected chi connectivity index (χ0v) is 12.9. The van der Waals surface area contributed by atoms with Gasteiger partial charge in [0.2, 0.25) is 0 Å². The van der Waals surface area contributed by atoms with Crippen molar-refractivity contribution in [1.82, 2.24) is 10.3 Å². The molecule has 1 atom stereocenters. The van der Waals surface area contributed by atoms with Gasteiger partial charge in [-0.05, 0) is 37.3 Å². The fourth-order valence-electron chi connectivity index (χ4n) is 2.93. The van der Waals surface area contributed by atoms with Crippen LogP contribution in [-0.2, 0) is 0 Å². The summed E-state index contributed by atoms with van der Waals surface area (Å²) < 4.78 is 0. The van der Waals surface area contributed by atoms with Gasteiger partial charge in [-0.15, -0.1) is 0 Å². The Kier molecular flexibility index (Phi) is 4.31. The molecule has 1 aromatic rings. The first-order chi connectivity index (χ1) is 9.42. The molecule has 0 bridgehead atoms. The Hall–Kier alpha value is -1.58. The fourth-order valence-corrected chi connectivity index (χ4v) is 2.93. The number of hydrogen-bond acceptors (Lipinski definition) is 3. The lowest BCUT2D eigenvalue weighted by atomic mass is 9.73. The van der Waals surface area contributed by atoms with Gasteiger partial charge in [-0.3, -0.25) is 4.79 Å². The van der Waals surface area contributed by atoms with Gasteiger partial charge in [-0.25, -0.2) is 4.98 Å². The summed E-state index contributed by atoms with van der Waals surface area (Å²) in [6.45, 7) is 6.39. The molecule has 110 valence electrons. The average molecular weight is 275 g/mol. The van der Waals surface area contributed by atoms with E-state index in [1.54, 1.807) is 6.07 Å². The second-order valence-corrected chi connectivity index (χ2v) is 6.39. The van der Waals surface area contributed by atoms with Crippen molar-refractivity contribution in [3.8, 4) is 0 Å². The van der Waals surface area contributed by atoms with E-state index < -0.39 is 0 Å². The molecular weight excluding hydrogens is 250 g/mol. The van der Waals surface area contributed by atoms with Crippen LogP contribution >= 0.6 is 0 Å². The molecule has 0 spiro atoms. The average Bonchev–Trinajstić information content (AvgIpc) is 2.40. The van der Waals surface area contributed by atoms with E-state index in [2.05, 4.69) is 29.5 Å². The van der Waals surface area contributed by atoms with Crippen molar-refractivity contribution in [3.63, 3.8) is 0 Å². The SMILES string of the molecule is CNc1cc(C(=O)NC2CCCCC2(C)C)cc(C)n1. The minimum atomic E-state index is 0.00646. The maximum absolute atomic E-state index is 12.5. The molecule has 1 amide bonds. The van der Waals surface area contributed by atoms with Crippen molar-refractivity contribution >= 4 is 11.7 Å². The number of pyridine rings is 1. The highest BCUT2D eigenvalue weighted by molar-refractivity contribution is 5.95. The van der Waals surface area contributed by atoms with E-state index >= 15 is 0 Å². The van der Waals surface area contributed by atoms with Crippen molar-refractivity contribution in [2.75, 3.05) is 12.4 Å². The number of amides is 1. The number of anilines is 1. The van der Waals surface area contributed by atoms with E-state index in [9.17, 15) is 4.79 Å². The van der Waals surface area contributed by atoms with E-state index in [1.165, 1.54) is 19.3 Å². The second-order valence-electron chi connectivity index (χ2n) is 6.39. The molecule has 1 heterocycles. The summed E-state index contributed by atoms with van der Waals surface area (Å²) in [5, 5.41) is 6.20. The summed E-state index contributed by atoms with van der Waals surface area (Å²) in [6.07, 6.45) is 4.71. The van der Waals surface area contributed by atoms with Crippen LogP contribution in [0.2, 0.25) is 0 Å². The Bertz CT molecular complexity index is 496. The van der Waals surface area contributed by atoms with Crippen molar-refractivity contribution in [1.29, 1.82) is 0 Å². The Morgan fingerprint density at radius 2 is 2.10 bits per heavy atom. The molecule has 1 fully saturated rings. The van der Waals surface area contributed by atoms with Crippen LogP contribution in [-0.4, -0.2) is 24.0 Å². The zero-order valence-electron chi connectivity index (χ0n) is 12.9. The van der Waals surface area contributed by atoms with Crippen LogP contribution in [0.1, 0.15) is 55.6 Å². The van der Waals surface area contributed by atoms with Crippen LogP contribution in [0.4, 0.5) is 5.82 Å². The molecule has 4 nitrogen and oxygen atoms in total. The lowest BCUT2D eigenvalue weighted by molar-refractivity contribution is 0.0853. The third-order valence-electron chi connectivity index (χ3n) is 4.28. The quantitative estimate of drug-likeness (QED) is 0.891. The topological polar surface area (TPSA) is 54.0 Å². The lowest BCUT2D eigenvalue weighted by Gasteiger charge is -2.39. The first kappa shape index (κ1) is 14.8. The van der Waals surface area contributed by atoms with Crippen LogP contribution in [0.3, 0.4) is 0 Å². The number of carbonyl (C=O) groups excluding carboxylic acids is 1. The highest BCUT2D eigenvalue weighted by Crippen LogP contribution is 2.35. The van der Waals surface area contributed by atoms with Gasteiger partial charge in [-0.2, -0.15) is 0 Å². The minimum absolute atomic E-state index is 0.00646. The van der Waals surface area contributed by atoms with Gasteiger partial charge in [0.25, 0.3) is 5.91 Å². The molecule has 2 N–H and O–H groups in total. The summed E-state index contributed by atoms with van der Waals surface area (Å²) in [5.41, 5.74) is 1.72. The van der Waals surface area contributed by atoms with Crippen LogP contribution in [0.15, 0.2) is 12.1 Å². The predicted octanol–water partition coefficient (Wildman–Crippen LogP) is 3.13. The molecule has 1 aliphatic carbocycles. The third-order valence-corrected chi connectivity index (χ3v) is 4.28. The van der Waals surface area contributed by atoms with Crippen molar-refractivity contribution < 1.29 is 4.79 Å². The molecule has 4 heteroatoms. The molecule has 1 saturated carbocycles. The molecule has 0 radical (unpaired) electrons. The fraction of sp³-hybridized carbons (Fsp3) is 0.625. The molecule has 0 aliphatic heterocycles. The Labute approximate surface area is 121 Å². The number of rotatable bonds is 3. The zero-order chi connectivity index (χ0) is 14.8. The van der Waals surface area contributed by atoms with E-state index in [0.29, 0.717) is 5.56 Å². The van der Waals surface area contributed by atoms with Gasteiger partial charge < -0.3 is 10.6 Å². The van der Waals surface area contributed by atoms with Crippen LogP contribution < -0.4 is 10.6 Å². The first-order valence-corrected chi connectivity index (χ1v) is 7.40. The Morgan fingerprint density at radius 1 is 1.35 bits per heavy atom. The Balaban J connectivity index is 2.13. The maximum atomic E-state index is 12.5. The van der Waals surface area contributed by atoms with Crippen molar-refractivity contribution in [2.45, 2.75) is 52.5 Å². The van der Waals surface area contributed by atoms with Gasteiger partial charge >= 0.3 is 0 Å². The standard InChI is InChI=1S/C16H25N3O/c1-11-9-12(10-14(17-4)18-11)15(20)19-13-7-5-6-8-16(13,2)3/h9-10,13H,5-8H2,1-4H3,(H,17,18)(H,19,20). The van der Waals surface area contributed by atoms with E-state index in [-0.39, 0.29) is 17.4 Å². The molecule has 1 aliphatic rings. The Morgan fingerprint density at radius 3 is 2.75 bits per heavy atom. The van der Waals surface area contributed by atoms with E-state index in [1.807, 2.05) is 20.0 Å². The summed E-state index contributed by atoms with van der Waals surface area (Å²) in [7, 11) is 1.81. The minimum Gasteiger partial charge on any atom is -0.373 e. The third kappa shape index (κ3) is 3.30.